The Morgan fingerprint density at radius 1 is 0.837 bits per heavy atom. The minimum Gasteiger partial charge on any atom is -0.444 e. The second-order valence-corrected chi connectivity index (χ2v) is 13.2. The molecule has 3 aromatic rings. The first-order valence-electron chi connectivity index (χ1n) is 15.1. The molecule has 0 aromatic heterocycles. The minimum atomic E-state index is -0.643. The maximum Gasteiger partial charge on any atom is 0.408 e. The lowest BCUT2D eigenvalue weighted by atomic mass is 9.71. The summed E-state index contributed by atoms with van der Waals surface area (Å²) in [6, 6.07) is 26.5. The standard InChI is InChI=1S/C35H43Cl2N3O3/c1-34(2,3)43-33(42)38-24-32(41)39-25-35(28-10-14-30(36)15-11-28,29-12-16-31(37)17-13-29)20-7-21-40-22-18-27(19-23-40)26-8-5-4-6-9-26/h4-6,8-17,27H,7,18-25H2,1-3H3,(H,38,42)(H,39,41). The summed E-state index contributed by atoms with van der Waals surface area (Å²) in [5, 5.41) is 6.95. The maximum absolute atomic E-state index is 13.0. The summed E-state index contributed by atoms with van der Waals surface area (Å²) in [5.74, 6) is 0.324. The number of carbonyl (C=O) groups is 2. The Kier molecular flexibility index (Phi) is 11.5. The molecule has 4 rings (SSSR count). The van der Waals surface area contributed by atoms with Gasteiger partial charge in [-0.05, 0) is 113 Å². The lowest BCUT2D eigenvalue weighted by Gasteiger charge is -2.37. The van der Waals surface area contributed by atoms with Crippen molar-refractivity contribution in [1.82, 2.24) is 15.5 Å². The van der Waals surface area contributed by atoms with Crippen LogP contribution >= 0.6 is 23.2 Å². The van der Waals surface area contributed by atoms with Crippen LogP contribution in [0.1, 0.15) is 69.1 Å². The summed E-state index contributed by atoms with van der Waals surface area (Å²) >= 11 is 12.6. The van der Waals surface area contributed by atoms with Crippen LogP contribution in [-0.2, 0) is 14.9 Å². The van der Waals surface area contributed by atoms with E-state index in [0.29, 0.717) is 22.5 Å². The van der Waals surface area contributed by atoms with E-state index < -0.39 is 17.1 Å². The quantitative estimate of drug-likeness (QED) is 0.231. The van der Waals surface area contributed by atoms with Crippen molar-refractivity contribution >= 4 is 35.2 Å². The zero-order valence-corrected chi connectivity index (χ0v) is 26.9. The molecule has 43 heavy (non-hydrogen) atoms. The Morgan fingerprint density at radius 2 is 1.40 bits per heavy atom. The van der Waals surface area contributed by atoms with E-state index in [1.165, 1.54) is 5.56 Å². The summed E-state index contributed by atoms with van der Waals surface area (Å²) < 4.78 is 5.28. The highest BCUT2D eigenvalue weighted by Crippen LogP contribution is 2.38. The van der Waals surface area contributed by atoms with Crippen LogP contribution in [0.15, 0.2) is 78.9 Å². The third-order valence-electron chi connectivity index (χ3n) is 8.11. The van der Waals surface area contributed by atoms with Gasteiger partial charge in [0, 0.05) is 22.0 Å². The van der Waals surface area contributed by atoms with Gasteiger partial charge in [-0.25, -0.2) is 4.79 Å². The normalized spacial score (nSPS) is 14.7. The van der Waals surface area contributed by atoms with Crippen LogP contribution in [-0.4, -0.2) is 55.2 Å². The van der Waals surface area contributed by atoms with Gasteiger partial charge in [0.15, 0.2) is 0 Å². The number of hydrogen-bond acceptors (Lipinski definition) is 4. The van der Waals surface area contributed by atoms with Gasteiger partial charge in [-0.15, -0.1) is 0 Å². The topological polar surface area (TPSA) is 70.7 Å². The fraction of sp³-hybridized carbons (Fsp3) is 0.429. The van der Waals surface area contributed by atoms with Gasteiger partial charge in [-0.1, -0.05) is 77.8 Å². The number of benzene rings is 3. The Bertz CT molecular complexity index is 1270. The Balaban J connectivity index is 1.47. The number of hydrogen-bond donors (Lipinski definition) is 2. The molecule has 2 N–H and O–H groups in total. The predicted octanol–water partition coefficient (Wildman–Crippen LogP) is 7.58. The SMILES string of the molecule is CC(C)(C)OC(=O)NCC(=O)NCC(CCCN1CCC(c2ccccc2)CC1)(c1ccc(Cl)cc1)c1ccc(Cl)cc1. The second kappa shape index (κ2) is 15.1. The number of likely N-dealkylation sites (tertiary alicyclic amines) is 1. The van der Waals surface area contributed by atoms with Gasteiger partial charge >= 0.3 is 6.09 Å². The van der Waals surface area contributed by atoms with Crippen molar-refractivity contribution in [1.29, 1.82) is 0 Å². The van der Waals surface area contributed by atoms with Crippen LogP contribution in [0.25, 0.3) is 0 Å². The fourth-order valence-corrected chi connectivity index (χ4v) is 6.14. The highest BCUT2D eigenvalue weighted by molar-refractivity contribution is 6.30. The molecule has 1 aliphatic rings. The van der Waals surface area contributed by atoms with Crippen molar-refractivity contribution in [3.8, 4) is 0 Å². The van der Waals surface area contributed by atoms with Crippen molar-refractivity contribution in [3.05, 3.63) is 106 Å². The van der Waals surface area contributed by atoms with Crippen molar-refractivity contribution in [3.63, 3.8) is 0 Å². The van der Waals surface area contributed by atoms with Crippen molar-refractivity contribution < 1.29 is 14.3 Å². The first-order chi connectivity index (χ1) is 20.5. The number of piperidine rings is 1. The van der Waals surface area contributed by atoms with E-state index in [0.717, 1.165) is 56.4 Å². The van der Waals surface area contributed by atoms with Gasteiger partial charge in [-0.3, -0.25) is 4.79 Å². The lowest BCUT2D eigenvalue weighted by molar-refractivity contribution is -0.120. The molecule has 0 saturated carbocycles. The molecule has 1 heterocycles. The molecule has 1 saturated heterocycles. The van der Waals surface area contributed by atoms with Crippen LogP contribution in [0.3, 0.4) is 0 Å². The number of nitrogens with zero attached hydrogens (tertiary/aromatic N) is 1. The number of carbonyl (C=O) groups excluding carboxylic acids is 2. The number of amides is 2. The molecule has 0 unspecified atom stereocenters. The number of nitrogens with one attached hydrogen (secondary N) is 2. The molecule has 0 bridgehead atoms. The summed E-state index contributed by atoms with van der Waals surface area (Å²) in [5.41, 5.74) is 2.38. The van der Waals surface area contributed by atoms with Gasteiger partial charge in [0.2, 0.25) is 5.91 Å². The average molecular weight is 625 g/mol. The number of halogens is 2. The summed E-state index contributed by atoms with van der Waals surface area (Å²) in [6.07, 6.45) is 3.43. The molecule has 0 spiro atoms. The Morgan fingerprint density at radius 3 is 1.93 bits per heavy atom. The van der Waals surface area contributed by atoms with Crippen molar-refractivity contribution in [2.24, 2.45) is 0 Å². The van der Waals surface area contributed by atoms with E-state index in [4.69, 9.17) is 27.9 Å². The molecule has 230 valence electrons. The number of alkyl carbamates (subject to hydrolysis) is 1. The molecule has 1 fully saturated rings. The fourth-order valence-electron chi connectivity index (χ4n) is 5.88. The van der Waals surface area contributed by atoms with Gasteiger partial charge in [-0.2, -0.15) is 0 Å². The average Bonchev–Trinajstić information content (AvgIpc) is 2.99. The molecule has 2 amide bonds. The van der Waals surface area contributed by atoms with Crippen LogP contribution in [0.2, 0.25) is 10.0 Å². The molecule has 0 aliphatic carbocycles. The minimum absolute atomic E-state index is 0.178. The molecular weight excluding hydrogens is 581 g/mol. The van der Waals surface area contributed by atoms with E-state index in [2.05, 4.69) is 45.9 Å². The highest BCUT2D eigenvalue weighted by Gasteiger charge is 2.35. The summed E-state index contributed by atoms with van der Waals surface area (Å²) in [7, 11) is 0. The Labute approximate surface area is 266 Å². The van der Waals surface area contributed by atoms with E-state index in [-0.39, 0.29) is 12.5 Å². The molecule has 3 aromatic carbocycles. The molecule has 1 aliphatic heterocycles. The largest absolute Gasteiger partial charge is 0.444 e. The molecule has 8 heteroatoms. The van der Waals surface area contributed by atoms with Gasteiger partial charge in [0.25, 0.3) is 0 Å². The van der Waals surface area contributed by atoms with Crippen LogP contribution in [0, 0.1) is 0 Å². The van der Waals surface area contributed by atoms with E-state index in [1.807, 2.05) is 48.5 Å². The van der Waals surface area contributed by atoms with Crippen LogP contribution in [0.4, 0.5) is 4.79 Å². The van der Waals surface area contributed by atoms with Crippen molar-refractivity contribution in [2.45, 2.75) is 63.4 Å². The zero-order chi connectivity index (χ0) is 30.9. The van der Waals surface area contributed by atoms with Crippen molar-refractivity contribution in [2.75, 3.05) is 32.7 Å². The molecule has 0 atom stereocenters. The van der Waals surface area contributed by atoms with E-state index in [1.54, 1.807) is 20.8 Å². The maximum atomic E-state index is 13.0. The third kappa shape index (κ3) is 9.72. The first-order valence-corrected chi connectivity index (χ1v) is 15.8. The zero-order valence-electron chi connectivity index (χ0n) is 25.4. The van der Waals surface area contributed by atoms with Gasteiger partial charge in [0.1, 0.15) is 5.60 Å². The smallest absolute Gasteiger partial charge is 0.408 e. The summed E-state index contributed by atoms with van der Waals surface area (Å²) in [6.45, 7) is 8.63. The highest BCUT2D eigenvalue weighted by atomic mass is 35.5. The molecule has 0 radical (unpaired) electrons. The third-order valence-corrected chi connectivity index (χ3v) is 8.61. The van der Waals surface area contributed by atoms with Gasteiger partial charge < -0.3 is 20.3 Å². The lowest BCUT2D eigenvalue weighted by Crippen LogP contribution is -2.46. The second-order valence-electron chi connectivity index (χ2n) is 12.4. The van der Waals surface area contributed by atoms with Gasteiger partial charge in [0.05, 0.1) is 6.54 Å². The predicted molar refractivity (Wildman–Crippen MR) is 175 cm³/mol. The number of rotatable bonds is 11. The van der Waals surface area contributed by atoms with E-state index >= 15 is 0 Å². The monoisotopic (exact) mass is 623 g/mol. The number of ether oxygens (including phenoxy) is 1. The summed E-state index contributed by atoms with van der Waals surface area (Å²) in [4.78, 5) is 27.6. The van der Waals surface area contributed by atoms with Crippen LogP contribution in [0.5, 0.6) is 0 Å². The molecule has 6 nitrogen and oxygen atoms in total. The Hall–Kier alpha value is -3.06. The van der Waals surface area contributed by atoms with Crippen LogP contribution < -0.4 is 10.6 Å². The molecular formula is C35H43Cl2N3O3. The first kappa shape index (κ1) is 32.8. The van der Waals surface area contributed by atoms with E-state index in [9.17, 15) is 9.59 Å².